The van der Waals surface area contributed by atoms with Gasteiger partial charge in [-0.15, -0.1) is 12.4 Å². The number of hydrogen-bond donors (Lipinski definition) is 0. The van der Waals surface area contributed by atoms with E-state index in [0.29, 0.717) is 6.61 Å². The van der Waals surface area contributed by atoms with Crippen molar-refractivity contribution >= 4 is 18.3 Å². The van der Waals surface area contributed by atoms with E-state index in [1.165, 1.54) is 0 Å². The molecule has 0 aliphatic carbocycles. The molecule has 2 aromatic rings. The van der Waals surface area contributed by atoms with E-state index in [0.717, 1.165) is 62.8 Å². The summed E-state index contributed by atoms with van der Waals surface area (Å²) in [6, 6.07) is 17.3. The third-order valence-corrected chi connectivity index (χ3v) is 4.70. The van der Waals surface area contributed by atoms with Gasteiger partial charge in [-0.25, -0.2) is 0 Å². The summed E-state index contributed by atoms with van der Waals surface area (Å²) in [5.74, 6) is 1.82. The van der Waals surface area contributed by atoms with Gasteiger partial charge in [-0.05, 0) is 49.7 Å². The standard InChI is InChI=1S/C22H28N2O3.ClH/c1-2-26-21-11-9-19(10-12-21)22(25)24-16-14-23(15-17-24)13-6-18-27-20-7-4-3-5-8-20;/h3-5,7-12H,2,6,13-18H2,1H3;1H. The number of nitrogens with zero attached hydrogens (tertiary/aromatic N) is 2. The van der Waals surface area contributed by atoms with E-state index in [9.17, 15) is 4.79 Å². The smallest absolute Gasteiger partial charge is 0.253 e. The van der Waals surface area contributed by atoms with Crippen LogP contribution in [0.25, 0.3) is 0 Å². The lowest BCUT2D eigenvalue weighted by Gasteiger charge is -2.34. The summed E-state index contributed by atoms with van der Waals surface area (Å²) < 4.78 is 11.2. The first-order valence-electron chi connectivity index (χ1n) is 9.68. The van der Waals surface area contributed by atoms with Crippen LogP contribution in [0.4, 0.5) is 0 Å². The fourth-order valence-corrected chi connectivity index (χ4v) is 3.21. The largest absolute Gasteiger partial charge is 0.494 e. The van der Waals surface area contributed by atoms with Crippen LogP contribution in [0, 0.1) is 0 Å². The molecule has 1 saturated heterocycles. The van der Waals surface area contributed by atoms with E-state index < -0.39 is 0 Å². The zero-order valence-electron chi connectivity index (χ0n) is 16.4. The molecule has 1 fully saturated rings. The molecule has 0 aromatic heterocycles. The monoisotopic (exact) mass is 404 g/mol. The van der Waals surface area contributed by atoms with Crippen LogP contribution in [-0.4, -0.2) is 61.6 Å². The van der Waals surface area contributed by atoms with Gasteiger partial charge in [0.25, 0.3) is 5.91 Å². The number of piperazine rings is 1. The average Bonchev–Trinajstić information content (AvgIpc) is 2.73. The molecule has 152 valence electrons. The van der Waals surface area contributed by atoms with Crippen molar-refractivity contribution in [1.82, 2.24) is 9.80 Å². The van der Waals surface area contributed by atoms with Crippen molar-refractivity contribution in [1.29, 1.82) is 0 Å². The first kappa shape index (κ1) is 22.1. The van der Waals surface area contributed by atoms with Gasteiger partial charge >= 0.3 is 0 Å². The summed E-state index contributed by atoms with van der Waals surface area (Å²) in [7, 11) is 0. The molecule has 5 nitrogen and oxygen atoms in total. The van der Waals surface area contributed by atoms with E-state index in [1.54, 1.807) is 0 Å². The van der Waals surface area contributed by atoms with Gasteiger partial charge in [0, 0.05) is 38.3 Å². The number of hydrogen-bond acceptors (Lipinski definition) is 4. The minimum Gasteiger partial charge on any atom is -0.494 e. The quantitative estimate of drug-likeness (QED) is 0.628. The molecule has 1 amide bonds. The number of benzene rings is 2. The maximum absolute atomic E-state index is 12.6. The van der Waals surface area contributed by atoms with Gasteiger partial charge in [0.05, 0.1) is 13.2 Å². The van der Waals surface area contributed by atoms with E-state index in [2.05, 4.69) is 4.90 Å². The maximum atomic E-state index is 12.6. The van der Waals surface area contributed by atoms with Crippen LogP contribution in [0.5, 0.6) is 11.5 Å². The van der Waals surface area contributed by atoms with Crippen LogP contribution >= 0.6 is 12.4 Å². The molecule has 0 atom stereocenters. The molecule has 0 saturated carbocycles. The summed E-state index contributed by atoms with van der Waals surface area (Å²) >= 11 is 0. The first-order chi connectivity index (χ1) is 13.3. The summed E-state index contributed by atoms with van der Waals surface area (Å²) in [5, 5.41) is 0. The van der Waals surface area contributed by atoms with Crippen LogP contribution in [0.1, 0.15) is 23.7 Å². The topological polar surface area (TPSA) is 42.0 Å². The number of carbonyl (C=O) groups is 1. The highest BCUT2D eigenvalue weighted by Crippen LogP contribution is 2.15. The minimum atomic E-state index is 0. The molecule has 0 bridgehead atoms. The Labute approximate surface area is 173 Å². The lowest BCUT2D eigenvalue weighted by atomic mass is 10.1. The van der Waals surface area contributed by atoms with Crippen LogP contribution < -0.4 is 9.47 Å². The lowest BCUT2D eigenvalue weighted by molar-refractivity contribution is 0.0630. The van der Waals surface area contributed by atoms with Gasteiger partial charge in [0.1, 0.15) is 11.5 Å². The predicted octanol–water partition coefficient (Wildman–Crippen LogP) is 3.73. The van der Waals surface area contributed by atoms with Gasteiger partial charge in [0.15, 0.2) is 0 Å². The van der Waals surface area contributed by atoms with Gasteiger partial charge < -0.3 is 14.4 Å². The summed E-state index contributed by atoms with van der Waals surface area (Å²) in [6.45, 7) is 7.66. The number of ether oxygens (including phenoxy) is 2. The molecule has 3 rings (SSSR count). The zero-order valence-corrected chi connectivity index (χ0v) is 17.2. The summed E-state index contributed by atoms with van der Waals surface area (Å²) in [4.78, 5) is 17.0. The average molecular weight is 405 g/mol. The van der Waals surface area contributed by atoms with Crippen molar-refractivity contribution in [3.8, 4) is 11.5 Å². The van der Waals surface area contributed by atoms with E-state index in [1.807, 2.05) is 66.4 Å². The number of carbonyl (C=O) groups excluding carboxylic acids is 1. The second-order valence-corrected chi connectivity index (χ2v) is 6.61. The molecule has 1 heterocycles. The molecule has 28 heavy (non-hydrogen) atoms. The Bertz CT molecular complexity index is 701. The van der Waals surface area contributed by atoms with E-state index in [4.69, 9.17) is 9.47 Å². The molecule has 1 aliphatic heterocycles. The second kappa shape index (κ2) is 11.6. The molecule has 0 radical (unpaired) electrons. The van der Waals surface area contributed by atoms with Crippen molar-refractivity contribution < 1.29 is 14.3 Å². The van der Waals surface area contributed by atoms with Crippen LogP contribution in [0.3, 0.4) is 0 Å². The highest BCUT2D eigenvalue weighted by atomic mass is 35.5. The number of amides is 1. The number of para-hydroxylation sites is 1. The third kappa shape index (κ3) is 6.43. The van der Waals surface area contributed by atoms with Crippen LogP contribution in [0.2, 0.25) is 0 Å². The predicted molar refractivity (Wildman–Crippen MR) is 114 cm³/mol. The molecule has 0 unspecified atom stereocenters. The molecule has 0 N–H and O–H groups in total. The normalized spacial score (nSPS) is 14.2. The molecular formula is C22H29ClN2O3. The Kier molecular flexibility index (Phi) is 9.11. The Balaban J connectivity index is 0.00000280. The van der Waals surface area contributed by atoms with Crippen molar-refractivity contribution in [2.24, 2.45) is 0 Å². The lowest BCUT2D eigenvalue weighted by Crippen LogP contribution is -2.49. The maximum Gasteiger partial charge on any atom is 0.253 e. The Morgan fingerprint density at radius 1 is 0.893 bits per heavy atom. The minimum absolute atomic E-state index is 0. The van der Waals surface area contributed by atoms with E-state index in [-0.39, 0.29) is 18.3 Å². The van der Waals surface area contributed by atoms with Gasteiger partial charge in [0.2, 0.25) is 0 Å². The molecule has 2 aromatic carbocycles. The fraction of sp³-hybridized carbons (Fsp3) is 0.409. The molecule has 1 aliphatic rings. The summed E-state index contributed by atoms with van der Waals surface area (Å²) in [6.07, 6.45) is 0.988. The van der Waals surface area contributed by atoms with Crippen molar-refractivity contribution in [2.75, 3.05) is 45.9 Å². The molecule has 6 heteroatoms. The third-order valence-electron chi connectivity index (χ3n) is 4.70. The highest BCUT2D eigenvalue weighted by Gasteiger charge is 2.21. The Hall–Kier alpha value is -2.24. The van der Waals surface area contributed by atoms with Gasteiger partial charge in [-0.3, -0.25) is 9.69 Å². The zero-order chi connectivity index (χ0) is 18.9. The molecular weight excluding hydrogens is 376 g/mol. The highest BCUT2D eigenvalue weighted by molar-refractivity contribution is 5.94. The summed E-state index contributed by atoms with van der Waals surface area (Å²) in [5.41, 5.74) is 0.725. The van der Waals surface area contributed by atoms with Crippen LogP contribution in [0.15, 0.2) is 54.6 Å². The molecule has 0 spiro atoms. The first-order valence-corrected chi connectivity index (χ1v) is 9.68. The number of rotatable bonds is 8. The van der Waals surface area contributed by atoms with Gasteiger partial charge in [-0.2, -0.15) is 0 Å². The number of halogens is 1. The second-order valence-electron chi connectivity index (χ2n) is 6.61. The Morgan fingerprint density at radius 3 is 2.18 bits per heavy atom. The fourth-order valence-electron chi connectivity index (χ4n) is 3.21. The SMILES string of the molecule is CCOc1ccc(C(=O)N2CCN(CCCOc3ccccc3)CC2)cc1.Cl. The Morgan fingerprint density at radius 2 is 1.54 bits per heavy atom. The van der Waals surface area contributed by atoms with Crippen molar-refractivity contribution in [3.05, 3.63) is 60.2 Å². The van der Waals surface area contributed by atoms with Crippen molar-refractivity contribution in [2.45, 2.75) is 13.3 Å². The van der Waals surface area contributed by atoms with Crippen molar-refractivity contribution in [3.63, 3.8) is 0 Å². The van der Waals surface area contributed by atoms with Crippen LogP contribution in [-0.2, 0) is 0 Å². The van der Waals surface area contributed by atoms with Gasteiger partial charge in [-0.1, -0.05) is 18.2 Å². The van der Waals surface area contributed by atoms with E-state index >= 15 is 0 Å².